The SMILES string of the molecule is CCCCCCC/C=C\C/C=C\C/C=C\CCCCCCCCCCCCCCCCC(=O)NC(COC1OC(CO)C(OC2OC(CO)C(O)C(O)C2O)C(O)C1O)C(O)/C=C/CC/C=C/CCCCCCCCCCCCCCCCCCCCC. The van der Waals surface area contributed by atoms with E-state index in [9.17, 15) is 45.6 Å². The third-order valence-electron chi connectivity index (χ3n) is 17.7. The van der Waals surface area contributed by atoms with Gasteiger partial charge in [0.15, 0.2) is 12.6 Å². The van der Waals surface area contributed by atoms with Crippen molar-refractivity contribution < 1.29 is 64.6 Å². The van der Waals surface area contributed by atoms with Crippen LogP contribution in [0.15, 0.2) is 60.8 Å². The normalized spacial score (nSPS) is 23.5. The summed E-state index contributed by atoms with van der Waals surface area (Å²) in [5.41, 5.74) is 0. The number of carbonyl (C=O) groups is 1. The molecule has 9 N–H and O–H groups in total. The van der Waals surface area contributed by atoms with Crippen molar-refractivity contribution in [1.29, 1.82) is 0 Å². The first-order valence-corrected chi connectivity index (χ1v) is 36.5. The zero-order chi connectivity index (χ0) is 63.8. The van der Waals surface area contributed by atoms with Crippen LogP contribution in [0.25, 0.3) is 0 Å². The summed E-state index contributed by atoms with van der Waals surface area (Å²) in [4.78, 5) is 13.3. The zero-order valence-electron chi connectivity index (χ0n) is 56.0. The van der Waals surface area contributed by atoms with Crippen LogP contribution >= 0.6 is 0 Å². The highest BCUT2D eigenvalue weighted by Crippen LogP contribution is 2.30. The fourth-order valence-electron chi connectivity index (χ4n) is 11.8. The van der Waals surface area contributed by atoms with Crippen LogP contribution in [0.4, 0.5) is 0 Å². The van der Waals surface area contributed by atoms with Crippen LogP contribution in [0.1, 0.15) is 309 Å². The van der Waals surface area contributed by atoms with Gasteiger partial charge in [-0.3, -0.25) is 4.79 Å². The van der Waals surface area contributed by atoms with Crippen molar-refractivity contribution in [3.63, 3.8) is 0 Å². The Hall–Kier alpha value is -2.31. The van der Waals surface area contributed by atoms with E-state index in [1.165, 1.54) is 231 Å². The molecule has 2 rings (SSSR count). The van der Waals surface area contributed by atoms with Gasteiger partial charge in [0.25, 0.3) is 0 Å². The fraction of sp³-hybridized carbons (Fsp3) is 0.851. The summed E-state index contributed by atoms with van der Waals surface area (Å²) < 4.78 is 22.9. The molecule has 2 fully saturated rings. The third-order valence-corrected chi connectivity index (χ3v) is 17.7. The Bertz CT molecular complexity index is 1710. The molecule has 0 aliphatic carbocycles. The average molecular weight is 1250 g/mol. The second-order valence-electron chi connectivity index (χ2n) is 25.7. The number of hydrogen-bond acceptors (Lipinski definition) is 13. The van der Waals surface area contributed by atoms with Crippen molar-refractivity contribution in [2.45, 2.75) is 383 Å². The second kappa shape index (κ2) is 58.5. The van der Waals surface area contributed by atoms with Gasteiger partial charge in [-0.05, 0) is 70.6 Å². The van der Waals surface area contributed by atoms with Crippen LogP contribution in [0.3, 0.4) is 0 Å². The van der Waals surface area contributed by atoms with E-state index >= 15 is 0 Å². The van der Waals surface area contributed by atoms with Crippen LogP contribution in [0.5, 0.6) is 0 Å². The number of unbranched alkanes of at least 4 members (excludes halogenated alkanes) is 39. The zero-order valence-corrected chi connectivity index (χ0v) is 56.0. The summed E-state index contributed by atoms with van der Waals surface area (Å²) in [5, 5.41) is 87.5. The highest BCUT2D eigenvalue weighted by Gasteiger charge is 2.51. The summed E-state index contributed by atoms with van der Waals surface area (Å²) in [5.74, 6) is -0.247. The van der Waals surface area contributed by atoms with Crippen molar-refractivity contribution in [3.8, 4) is 0 Å². The Morgan fingerprint density at radius 1 is 0.409 bits per heavy atom. The van der Waals surface area contributed by atoms with E-state index in [2.05, 4.69) is 67.8 Å². The lowest BCUT2D eigenvalue weighted by atomic mass is 9.97. The predicted molar refractivity (Wildman–Crippen MR) is 360 cm³/mol. The summed E-state index contributed by atoms with van der Waals surface area (Å²) in [6.07, 6.45) is 61.4. The largest absolute Gasteiger partial charge is 0.394 e. The fourth-order valence-corrected chi connectivity index (χ4v) is 11.8. The number of aliphatic hydroxyl groups excluding tert-OH is 8. The van der Waals surface area contributed by atoms with E-state index in [0.29, 0.717) is 12.8 Å². The quantitative estimate of drug-likeness (QED) is 0.0204. The van der Waals surface area contributed by atoms with Gasteiger partial charge in [0.05, 0.1) is 32.0 Å². The average Bonchev–Trinajstić information content (AvgIpc) is 2.07. The molecule has 0 bridgehead atoms. The molecule has 2 heterocycles. The number of aliphatic hydroxyl groups is 8. The molecule has 0 aromatic heterocycles. The van der Waals surface area contributed by atoms with E-state index in [1.54, 1.807) is 6.08 Å². The first-order chi connectivity index (χ1) is 43.1. The topological polar surface area (TPSA) is 228 Å². The first-order valence-electron chi connectivity index (χ1n) is 36.5. The minimum absolute atomic E-state index is 0.247. The Morgan fingerprint density at radius 2 is 0.761 bits per heavy atom. The molecule has 0 aromatic rings. The number of nitrogens with one attached hydrogen (secondary N) is 1. The van der Waals surface area contributed by atoms with Gasteiger partial charge >= 0.3 is 0 Å². The highest BCUT2D eigenvalue weighted by molar-refractivity contribution is 5.76. The second-order valence-corrected chi connectivity index (χ2v) is 25.7. The molecule has 88 heavy (non-hydrogen) atoms. The molecule has 12 atom stereocenters. The number of allylic oxidation sites excluding steroid dienone is 9. The Kier molecular flexibility index (Phi) is 54.4. The lowest BCUT2D eigenvalue weighted by Gasteiger charge is -2.46. The van der Waals surface area contributed by atoms with Crippen molar-refractivity contribution in [2.75, 3.05) is 19.8 Å². The predicted octanol–water partition coefficient (Wildman–Crippen LogP) is 15.2. The van der Waals surface area contributed by atoms with Gasteiger partial charge in [-0.1, -0.05) is 293 Å². The Balaban J connectivity index is 1.68. The summed E-state index contributed by atoms with van der Waals surface area (Å²) in [7, 11) is 0. The Morgan fingerprint density at radius 3 is 1.19 bits per heavy atom. The molecule has 14 nitrogen and oxygen atoms in total. The standard InChI is InChI=1S/C74H135NO13/c1-3-5-7-9-11-13-15-17-19-21-23-25-27-29-30-31-32-34-36-38-40-42-44-46-48-50-52-54-56-58-66(79)75-62(61-85-73-71(84)69(82)72(65(60-77)87-73)88-74-70(83)68(81)67(80)64(59-76)86-74)63(78)57-55-53-51-49-47-45-43-41-39-37-35-33-28-26-24-22-20-18-16-14-12-10-8-6-4-2/h15,17,21,23,27,29,47,49,55,57,62-65,67-74,76-78,80-84H,3-14,16,18-20,22,24-26,28,30-46,48,50-54,56,58-61H2,1-2H3,(H,75,79)/b17-15-,23-21-,29-27-,49-47+,57-55+. The van der Waals surface area contributed by atoms with Gasteiger partial charge in [0.1, 0.15) is 48.8 Å². The minimum Gasteiger partial charge on any atom is -0.394 e. The number of amides is 1. The Labute approximate surface area is 536 Å². The van der Waals surface area contributed by atoms with E-state index < -0.39 is 86.8 Å². The molecule has 0 radical (unpaired) electrons. The molecule has 0 saturated carbocycles. The highest BCUT2D eigenvalue weighted by atomic mass is 16.7. The molecule has 2 saturated heterocycles. The molecule has 514 valence electrons. The van der Waals surface area contributed by atoms with Gasteiger partial charge in [-0.25, -0.2) is 0 Å². The van der Waals surface area contributed by atoms with Crippen LogP contribution in [-0.4, -0.2) is 140 Å². The van der Waals surface area contributed by atoms with Crippen molar-refractivity contribution in [3.05, 3.63) is 60.8 Å². The third kappa shape index (κ3) is 42.0. The lowest BCUT2D eigenvalue weighted by molar-refractivity contribution is -0.359. The summed E-state index contributed by atoms with van der Waals surface area (Å²) in [6.45, 7) is 2.81. The molecule has 1 amide bonds. The van der Waals surface area contributed by atoms with Crippen molar-refractivity contribution >= 4 is 5.91 Å². The molecule has 14 heteroatoms. The minimum atomic E-state index is -1.79. The number of hydrogen-bond donors (Lipinski definition) is 9. The van der Waals surface area contributed by atoms with Crippen LogP contribution < -0.4 is 5.32 Å². The monoisotopic (exact) mass is 1250 g/mol. The maximum Gasteiger partial charge on any atom is 0.220 e. The van der Waals surface area contributed by atoms with Crippen LogP contribution in [0, 0.1) is 0 Å². The molecular weight excluding hydrogens is 1110 g/mol. The smallest absolute Gasteiger partial charge is 0.220 e. The molecule has 0 spiro atoms. The summed E-state index contributed by atoms with van der Waals surface area (Å²) >= 11 is 0. The van der Waals surface area contributed by atoms with Gasteiger partial charge < -0.3 is 65.1 Å². The molecule has 12 unspecified atom stereocenters. The molecule has 2 aliphatic heterocycles. The van der Waals surface area contributed by atoms with Crippen molar-refractivity contribution in [1.82, 2.24) is 5.32 Å². The summed E-state index contributed by atoms with van der Waals surface area (Å²) in [6, 6.07) is -0.935. The maximum atomic E-state index is 13.3. The van der Waals surface area contributed by atoms with Crippen LogP contribution in [-0.2, 0) is 23.7 Å². The van der Waals surface area contributed by atoms with E-state index in [1.807, 2.05) is 6.08 Å². The number of rotatable bonds is 60. The van der Waals surface area contributed by atoms with Crippen LogP contribution in [0.2, 0.25) is 0 Å². The lowest BCUT2D eigenvalue weighted by Crippen LogP contribution is -2.65. The van der Waals surface area contributed by atoms with Gasteiger partial charge in [0, 0.05) is 6.42 Å². The molecule has 0 aromatic carbocycles. The number of carbonyl (C=O) groups excluding carboxylic acids is 1. The first kappa shape index (κ1) is 81.8. The van der Waals surface area contributed by atoms with E-state index in [0.717, 1.165) is 44.9 Å². The van der Waals surface area contributed by atoms with E-state index in [4.69, 9.17) is 18.9 Å². The van der Waals surface area contributed by atoms with Gasteiger partial charge in [-0.2, -0.15) is 0 Å². The van der Waals surface area contributed by atoms with E-state index in [-0.39, 0.29) is 18.9 Å². The molecular formula is C74H135NO13. The van der Waals surface area contributed by atoms with Crippen molar-refractivity contribution in [2.24, 2.45) is 0 Å². The maximum absolute atomic E-state index is 13.3. The van der Waals surface area contributed by atoms with Gasteiger partial charge in [0.2, 0.25) is 5.91 Å². The molecule has 2 aliphatic rings. The number of ether oxygens (including phenoxy) is 4. The van der Waals surface area contributed by atoms with Gasteiger partial charge in [-0.15, -0.1) is 0 Å².